The summed E-state index contributed by atoms with van der Waals surface area (Å²) in [5.41, 5.74) is 1.99. The fourth-order valence-corrected chi connectivity index (χ4v) is 2.91. The van der Waals surface area contributed by atoms with Crippen LogP contribution in [-0.2, 0) is 20.8 Å². The van der Waals surface area contributed by atoms with E-state index < -0.39 is 0 Å². The zero-order valence-electron chi connectivity index (χ0n) is 12.9. The Morgan fingerprint density at radius 2 is 2.05 bits per heavy atom. The molecular weight excluding hydrogens is 302 g/mol. The molecule has 0 fully saturated rings. The van der Waals surface area contributed by atoms with Gasteiger partial charge in [-0.1, -0.05) is 23.9 Å². The number of para-hydroxylation sites is 2. The maximum absolute atomic E-state index is 11.8. The molecular formula is C15H21N3O3S. The molecule has 0 saturated carbocycles. The fraction of sp³-hybridized carbons (Fsp3) is 0.467. The minimum atomic E-state index is -0.0209. The van der Waals surface area contributed by atoms with Crippen LogP contribution in [0.1, 0.15) is 0 Å². The summed E-state index contributed by atoms with van der Waals surface area (Å²) in [7, 11) is 3.29. The first-order valence-electron chi connectivity index (χ1n) is 7.09. The third-order valence-electron chi connectivity index (χ3n) is 3.10. The van der Waals surface area contributed by atoms with Crippen molar-refractivity contribution in [3.8, 4) is 0 Å². The number of carbonyl (C=O) groups is 1. The smallest absolute Gasteiger partial charge is 0.230 e. The highest BCUT2D eigenvalue weighted by molar-refractivity contribution is 7.99. The molecule has 0 radical (unpaired) electrons. The molecule has 1 amide bonds. The molecule has 0 aliphatic rings. The van der Waals surface area contributed by atoms with Gasteiger partial charge in [-0.2, -0.15) is 0 Å². The summed E-state index contributed by atoms with van der Waals surface area (Å²) in [5.74, 6) is 0.312. The van der Waals surface area contributed by atoms with Gasteiger partial charge in [0.25, 0.3) is 0 Å². The summed E-state index contributed by atoms with van der Waals surface area (Å²) in [6, 6.07) is 7.95. The lowest BCUT2D eigenvalue weighted by atomic mass is 10.3. The molecule has 0 unspecified atom stereocenters. The molecule has 1 aromatic carbocycles. The van der Waals surface area contributed by atoms with E-state index in [4.69, 9.17) is 9.47 Å². The van der Waals surface area contributed by atoms with Crippen molar-refractivity contribution in [1.29, 1.82) is 0 Å². The van der Waals surface area contributed by atoms with E-state index in [1.807, 2.05) is 24.3 Å². The van der Waals surface area contributed by atoms with Gasteiger partial charge in [-0.05, 0) is 12.1 Å². The molecule has 0 aliphatic heterocycles. The van der Waals surface area contributed by atoms with Crippen molar-refractivity contribution in [2.75, 3.05) is 39.7 Å². The molecule has 22 heavy (non-hydrogen) atoms. The van der Waals surface area contributed by atoms with Gasteiger partial charge in [-0.25, -0.2) is 4.98 Å². The Morgan fingerprint density at radius 1 is 1.27 bits per heavy atom. The van der Waals surface area contributed by atoms with Gasteiger partial charge in [0.1, 0.15) is 0 Å². The average molecular weight is 323 g/mol. The molecule has 120 valence electrons. The Labute approximate surface area is 134 Å². The SMILES string of the molecule is COCCNC(=O)CSc1nc2ccccc2n1CCOC. The van der Waals surface area contributed by atoms with E-state index in [-0.39, 0.29) is 5.91 Å². The summed E-state index contributed by atoms with van der Waals surface area (Å²) in [5, 5.41) is 3.64. The number of methoxy groups -OCH3 is 2. The van der Waals surface area contributed by atoms with Gasteiger partial charge in [0.2, 0.25) is 5.91 Å². The van der Waals surface area contributed by atoms with Crippen molar-refractivity contribution in [3.05, 3.63) is 24.3 Å². The van der Waals surface area contributed by atoms with E-state index in [0.29, 0.717) is 32.1 Å². The van der Waals surface area contributed by atoms with Crippen LogP contribution in [0.3, 0.4) is 0 Å². The highest BCUT2D eigenvalue weighted by Gasteiger charge is 2.12. The van der Waals surface area contributed by atoms with Crippen LogP contribution in [0.25, 0.3) is 11.0 Å². The number of aromatic nitrogens is 2. The normalized spacial score (nSPS) is 11.0. The largest absolute Gasteiger partial charge is 0.383 e. The van der Waals surface area contributed by atoms with Crippen molar-refractivity contribution >= 4 is 28.7 Å². The number of hydrogen-bond donors (Lipinski definition) is 1. The van der Waals surface area contributed by atoms with Crippen molar-refractivity contribution in [2.24, 2.45) is 0 Å². The lowest BCUT2D eigenvalue weighted by molar-refractivity contribution is -0.118. The van der Waals surface area contributed by atoms with Crippen molar-refractivity contribution in [3.63, 3.8) is 0 Å². The zero-order valence-corrected chi connectivity index (χ0v) is 13.7. The van der Waals surface area contributed by atoms with E-state index in [9.17, 15) is 4.79 Å². The summed E-state index contributed by atoms with van der Waals surface area (Å²) in [6.07, 6.45) is 0. The van der Waals surface area contributed by atoms with Gasteiger partial charge in [0, 0.05) is 27.3 Å². The molecule has 2 aromatic rings. The first-order valence-corrected chi connectivity index (χ1v) is 8.07. The van der Waals surface area contributed by atoms with Crippen LogP contribution in [-0.4, -0.2) is 55.2 Å². The summed E-state index contributed by atoms with van der Waals surface area (Å²) in [6.45, 7) is 2.36. The van der Waals surface area contributed by atoms with Crippen LogP contribution in [0, 0.1) is 0 Å². The van der Waals surface area contributed by atoms with Crippen molar-refractivity contribution in [2.45, 2.75) is 11.7 Å². The Hall–Kier alpha value is -1.57. The number of hydrogen-bond acceptors (Lipinski definition) is 5. The predicted octanol–water partition coefficient (Wildman–Crippen LogP) is 1.54. The van der Waals surface area contributed by atoms with Crippen molar-refractivity contribution in [1.82, 2.24) is 14.9 Å². The number of nitrogens with one attached hydrogen (secondary N) is 1. The number of amides is 1. The molecule has 7 heteroatoms. The highest BCUT2D eigenvalue weighted by atomic mass is 32.2. The molecule has 6 nitrogen and oxygen atoms in total. The molecule has 2 rings (SSSR count). The molecule has 0 atom stereocenters. The minimum Gasteiger partial charge on any atom is -0.383 e. The monoisotopic (exact) mass is 323 g/mol. The van der Waals surface area contributed by atoms with Gasteiger partial charge in [0.05, 0.1) is 30.0 Å². The number of thioether (sulfide) groups is 1. The quantitative estimate of drug-likeness (QED) is 0.560. The highest BCUT2D eigenvalue weighted by Crippen LogP contribution is 2.23. The molecule has 0 aliphatic carbocycles. The number of imidazole rings is 1. The van der Waals surface area contributed by atoms with E-state index in [2.05, 4.69) is 14.9 Å². The lowest BCUT2D eigenvalue weighted by Gasteiger charge is -2.08. The predicted molar refractivity (Wildman–Crippen MR) is 87.2 cm³/mol. The lowest BCUT2D eigenvalue weighted by Crippen LogP contribution is -2.28. The third-order valence-corrected chi connectivity index (χ3v) is 4.08. The second kappa shape index (κ2) is 8.77. The van der Waals surface area contributed by atoms with Gasteiger partial charge in [-0.15, -0.1) is 0 Å². The van der Waals surface area contributed by atoms with E-state index in [1.165, 1.54) is 11.8 Å². The second-order valence-corrected chi connectivity index (χ2v) is 5.60. The van der Waals surface area contributed by atoms with Crippen LogP contribution in [0.2, 0.25) is 0 Å². The molecule has 1 aromatic heterocycles. The average Bonchev–Trinajstić information content (AvgIpc) is 2.89. The second-order valence-electron chi connectivity index (χ2n) is 4.66. The minimum absolute atomic E-state index is 0.0209. The Morgan fingerprint density at radius 3 is 2.82 bits per heavy atom. The standard InChI is InChI=1S/C15H21N3O3S/c1-20-9-7-16-14(19)11-22-15-17-12-5-3-4-6-13(12)18(15)8-10-21-2/h3-6H,7-11H2,1-2H3,(H,16,19). The van der Waals surface area contributed by atoms with E-state index in [0.717, 1.165) is 16.2 Å². The molecule has 1 heterocycles. The van der Waals surface area contributed by atoms with Gasteiger partial charge >= 0.3 is 0 Å². The van der Waals surface area contributed by atoms with Crippen molar-refractivity contribution < 1.29 is 14.3 Å². The number of carbonyl (C=O) groups excluding carboxylic acids is 1. The Kier molecular flexibility index (Phi) is 6.70. The zero-order chi connectivity index (χ0) is 15.8. The maximum Gasteiger partial charge on any atom is 0.230 e. The Bertz CT molecular complexity index is 615. The summed E-state index contributed by atoms with van der Waals surface area (Å²) < 4.78 is 12.2. The van der Waals surface area contributed by atoms with Crippen LogP contribution in [0.15, 0.2) is 29.4 Å². The van der Waals surface area contributed by atoms with Crippen LogP contribution in [0.4, 0.5) is 0 Å². The first kappa shape index (κ1) is 16.8. The maximum atomic E-state index is 11.8. The van der Waals surface area contributed by atoms with E-state index in [1.54, 1.807) is 14.2 Å². The number of nitrogens with zero attached hydrogens (tertiary/aromatic N) is 2. The number of ether oxygens (including phenoxy) is 2. The Balaban J connectivity index is 2.04. The molecule has 0 bridgehead atoms. The topological polar surface area (TPSA) is 65.4 Å². The summed E-state index contributed by atoms with van der Waals surface area (Å²) in [4.78, 5) is 16.4. The van der Waals surface area contributed by atoms with Gasteiger partial charge in [-0.3, -0.25) is 4.79 Å². The molecule has 1 N–H and O–H groups in total. The summed E-state index contributed by atoms with van der Waals surface area (Å²) >= 11 is 1.43. The molecule has 0 spiro atoms. The number of fused-ring (bicyclic) bond motifs is 1. The number of benzene rings is 1. The van der Waals surface area contributed by atoms with Crippen LogP contribution >= 0.6 is 11.8 Å². The van der Waals surface area contributed by atoms with Crippen LogP contribution < -0.4 is 5.32 Å². The fourth-order valence-electron chi connectivity index (χ4n) is 2.04. The molecule has 0 saturated heterocycles. The number of rotatable bonds is 9. The van der Waals surface area contributed by atoms with Gasteiger partial charge < -0.3 is 19.4 Å². The first-order chi connectivity index (χ1) is 10.8. The van der Waals surface area contributed by atoms with E-state index >= 15 is 0 Å². The van der Waals surface area contributed by atoms with Gasteiger partial charge in [0.15, 0.2) is 5.16 Å². The van der Waals surface area contributed by atoms with Crippen LogP contribution in [0.5, 0.6) is 0 Å². The third kappa shape index (κ3) is 4.46.